The minimum Gasteiger partial charge on any atom is -0.481 e. The second-order valence-corrected chi connectivity index (χ2v) is 4.33. The molecule has 0 aromatic rings. The van der Waals surface area contributed by atoms with Crippen molar-refractivity contribution in [3.05, 3.63) is 0 Å². The summed E-state index contributed by atoms with van der Waals surface area (Å²) < 4.78 is 117. The van der Waals surface area contributed by atoms with Crippen LogP contribution in [0, 0.1) is 0 Å². The Labute approximate surface area is 113 Å². The van der Waals surface area contributed by atoms with E-state index in [2.05, 4.69) is 9.73 Å². The Morgan fingerprint density at radius 2 is 1.48 bits per heavy atom. The lowest BCUT2D eigenvalue weighted by atomic mass is 10.0. The van der Waals surface area contributed by atoms with E-state index in [0.29, 0.717) is 13.0 Å². The summed E-state index contributed by atoms with van der Waals surface area (Å²) in [6.07, 6.45) is -7.98. The van der Waals surface area contributed by atoms with Crippen LogP contribution in [0.15, 0.2) is 4.99 Å². The first-order valence-electron chi connectivity index (χ1n) is 5.69. The van der Waals surface area contributed by atoms with Crippen LogP contribution in [0.4, 0.5) is 39.5 Å². The smallest absolute Gasteiger partial charge is 0.460 e. The van der Waals surface area contributed by atoms with Crippen LogP contribution >= 0.6 is 0 Å². The fourth-order valence-electron chi connectivity index (χ4n) is 1.49. The van der Waals surface area contributed by atoms with Gasteiger partial charge in [0.05, 0.1) is 13.0 Å². The monoisotopic (exact) mass is 331 g/mol. The summed E-state index contributed by atoms with van der Waals surface area (Å²) in [7, 11) is 0. The maximum Gasteiger partial charge on any atom is 0.460 e. The molecule has 0 aliphatic carbocycles. The van der Waals surface area contributed by atoms with Crippen LogP contribution in [0.2, 0.25) is 0 Å². The molecule has 1 heterocycles. The van der Waals surface area contributed by atoms with Gasteiger partial charge in [0.2, 0.25) is 0 Å². The van der Waals surface area contributed by atoms with Crippen LogP contribution in [0.3, 0.4) is 0 Å². The van der Waals surface area contributed by atoms with Crippen molar-refractivity contribution in [3.63, 3.8) is 0 Å². The molecule has 1 rings (SSSR count). The average Bonchev–Trinajstić information content (AvgIpc) is 2.79. The van der Waals surface area contributed by atoms with Gasteiger partial charge < -0.3 is 4.74 Å². The number of hydrogen-bond acceptors (Lipinski definition) is 2. The minimum atomic E-state index is -6.85. The van der Waals surface area contributed by atoms with Crippen LogP contribution < -0.4 is 0 Å². The van der Waals surface area contributed by atoms with E-state index in [1.54, 1.807) is 0 Å². The van der Waals surface area contributed by atoms with Crippen LogP contribution in [-0.4, -0.2) is 43.0 Å². The van der Waals surface area contributed by atoms with Crippen molar-refractivity contribution >= 4 is 5.90 Å². The largest absolute Gasteiger partial charge is 0.481 e. The topological polar surface area (TPSA) is 21.6 Å². The predicted molar refractivity (Wildman–Crippen MR) is 53.0 cm³/mol. The Bertz CT molecular complexity index is 402. The molecule has 0 atom stereocenters. The van der Waals surface area contributed by atoms with Crippen molar-refractivity contribution in [1.29, 1.82) is 0 Å². The van der Waals surface area contributed by atoms with Crippen molar-refractivity contribution in [2.45, 2.75) is 43.2 Å². The van der Waals surface area contributed by atoms with E-state index in [1.165, 1.54) is 0 Å². The van der Waals surface area contributed by atoms with E-state index in [1.807, 2.05) is 0 Å². The first-order chi connectivity index (χ1) is 9.33. The summed E-state index contributed by atoms with van der Waals surface area (Å²) in [5.74, 6) is -19.0. The van der Waals surface area contributed by atoms with Gasteiger partial charge in [-0.1, -0.05) is 0 Å². The maximum atomic E-state index is 13.1. The van der Waals surface area contributed by atoms with Crippen LogP contribution in [0.5, 0.6) is 0 Å². The third kappa shape index (κ3) is 3.37. The highest BCUT2D eigenvalue weighted by atomic mass is 19.4. The molecular formula is C10H10F9NO. The Morgan fingerprint density at radius 3 is 1.90 bits per heavy atom. The summed E-state index contributed by atoms with van der Waals surface area (Å²) in [5.41, 5.74) is 0. The number of aliphatic imine (C=N–C) groups is 1. The number of nitrogens with zero attached hydrogens (tertiary/aromatic N) is 1. The Morgan fingerprint density at radius 1 is 0.905 bits per heavy atom. The molecule has 2 nitrogen and oxygen atoms in total. The first kappa shape index (κ1) is 17.9. The van der Waals surface area contributed by atoms with Crippen LogP contribution in [-0.2, 0) is 4.74 Å². The number of halogens is 9. The summed E-state index contributed by atoms with van der Waals surface area (Å²) in [5, 5.41) is 0. The standard InChI is InChI=1S/C10H10F9NO/c11-7(12,3-5-21-6-2-1-4-20-6)8(13,14)9(15,16)10(17,18)19/h1-5H2. The number of rotatable bonds is 5. The van der Waals surface area contributed by atoms with E-state index >= 15 is 0 Å². The van der Waals surface area contributed by atoms with Crippen molar-refractivity contribution < 1.29 is 44.3 Å². The number of hydrogen-bond donors (Lipinski definition) is 0. The number of alkyl halides is 9. The molecule has 0 aromatic carbocycles. The fourth-order valence-corrected chi connectivity index (χ4v) is 1.49. The zero-order valence-corrected chi connectivity index (χ0v) is 10.3. The summed E-state index contributed by atoms with van der Waals surface area (Å²) in [6, 6.07) is 0. The highest BCUT2D eigenvalue weighted by Gasteiger charge is 2.81. The lowest BCUT2D eigenvalue weighted by molar-refractivity contribution is -0.397. The van der Waals surface area contributed by atoms with Gasteiger partial charge >= 0.3 is 23.9 Å². The lowest BCUT2D eigenvalue weighted by Crippen LogP contribution is -2.61. The minimum absolute atomic E-state index is 0.0169. The molecule has 0 saturated heterocycles. The fraction of sp³-hybridized carbons (Fsp3) is 0.900. The second-order valence-electron chi connectivity index (χ2n) is 4.33. The molecular weight excluding hydrogens is 321 g/mol. The van der Waals surface area contributed by atoms with Gasteiger partial charge in [-0.3, -0.25) is 4.99 Å². The molecule has 1 aliphatic heterocycles. The van der Waals surface area contributed by atoms with E-state index in [0.717, 1.165) is 0 Å². The normalized spacial score (nSPS) is 17.9. The maximum absolute atomic E-state index is 13.1. The van der Waals surface area contributed by atoms with E-state index in [4.69, 9.17) is 0 Å². The molecule has 1 aliphatic rings. The molecule has 0 aromatic heterocycles. The molecule has 0 fully saturated rings. The molecule has 0 unspecified atom stereocenters. The Balaban J connectivity index is 2.74. The highest BCUT2D eigenvalue weighted by Crippen LogP contribution is 2.53. The lowest BCUT2D eigenvalue weighted by Gasteiger charge is -2.33. The van der Waals surface area contributed by atoms with Crippen molar-refractivity contribution in [1.82, 2.24) is 0 Å². The van der Waals surface area contributed by atoms with Gasteiger partial charge in [-0.2, -0.15) is 39.5 Å². The SMILES string of the molecule is FC(F)(F)C(F)(F)C(F)(F)C(F)(F)CCOC1=NCCC1. The molecule has 0 N–H and O–H groups in total. The van der Waals surface area contributed by atoms with Gasteiger partial charge in [0.1, 0.15) is 0 Å². The van der Waals surface area contributed by atoms with Gasteiger partial charge in [-0.15, -0.1) is 0 Å². The van der Waals surface area contributed by atoms with Gasteiger partial charge in [0.15, 0.2) is 5.90 Å². The van der Waals surface area contributed by atoms with Crippen molar-refractivity contribution in [3.8, 4) is 0 Å². The van der Waals surface area contributed by atoms with Crippen LogP contribution in [0.1, 0.15) is 19.3 Å². The van der Waals surface area contributed by atoms with Gasteiger partial charge in [0.25, 0.3) is 0 Å². The molecule has 0 bridgehead atoms. The molecule has 11 heteroatoms. The summed E-state index contributed by atoms with van der Waals surface area (Å²) in [4.78, 5) is 3.64. The van der Waals surface area contributed by atoms with Gasteiger partial charge in [0, 0.05) is 13.0 Å². The predicted octanol–water partition coefficient (Wildman–Crippen LogP) is 4.05. The molecule has 0 saturated carbocycles. The number of ether oxygens (including phenoxy) is 1. The van der Waals surface area contributed by atoms with Gasteiger partial charge in [-0.05, 0) is 6.42 Å². The van der Waals surface area contributed by atoms with Crippen molar-refractivity contribution in [2.75, 3.05) is 13.2 Å². The molecule has 0 spiro atoms. The van der Waals surface area contributed by atoms with E-state index in [9.17, 15) is 39.5 Å². The molecule has 124 valence electrons. The third-order valence-electron chi connectivity index (χ3n) is 2.73. The highest BCUT2D eigenvalue weighted by molar-refractivity contribution is 5.77. The molecule has 0 amide bonds. The molecule has 0 radical (unpaired) electrons. The van der Waals surface area contributed by atoms with E-state index in [-0.39, 0.29) is 12.3 Å². The van der Waals surface area contributed by atoms with Gasteiger partial charge in [-0.25, -0.2) is 0 Å². The third-order valence-corrected chi connectivity index (χ3v) is 2.73. The average molecular weight is 331 g/mol. The van der Waals surface area contributed by atoms with Crippen LogP contribution in [0.25, 0.3) is 0 Å². The Kier molecular flexibility index (Phi) is 4.74. The second kappa shape index (κ2) is 5.56. The molecule has 21 heavy (non-hydrogen) atoms. The summed E-state index contributed by atoms with van der Waals surface area (Å²) >= 11 is 0. The van der Waals surface area contributed by atoms with E-state index < -0.39 is 37.0 Å². The quantitative estimate of drug-likeness (QED) is 0.697. The summed E-state index contributed by atoms with van der Waals surface area (Å²) in [6.45, 7) is -0.802. The Hall–Kier alpha value is -1.16. The zero-order valence-electron chi connectivity index (χ0n) is 10.3. The zero-order chi connectivity index (χ0) is 16.5. The first-order valence-corrected chi connectivity index (χ1v) is 5.69. The van der Waals surface area contributed by atoms with Crippen molar-refractivity contribution in [2.24, 2.45) is 4.99 Å².